The molecule has 114 valence electrons. The lowest BCUT2D eigenvalue weighted by molar-refractivity contribution is 0.444. The van der Waals surface area contributed by atoms with Crippen LogP contribution < -0.4 is 0 Å². The first-order chi connectivity index (χ1) is 10.3. The molecule has 1 heteroatoms. The highest BCUT2D eigenvalue weighted by Gasteiger charge is 2.16. The van der Waals surface area contributed by atoms with E-state index in [0.717, 1.165) is 23.5 Å². The van der Waals surface area contributed by atoms with Crippen LogP contribution in [0.4, 0.5) is 0 Å². The largest absolute Gasteiger partial charge is 0.253 e. The lowest BCUT2D eigenvalue weighted by Crippen LogP contribution is -2.04. The quantitative estimate of drug-likeness (QED) is 0.641. The van der Waals surface area contributed by atoms with Gasteiger partial charge in [-0.2, -0.15) is 0 Å². The minimum absolute atomic E-state index is 0.782. The van der Waals surface area contributed by atoms with Crippen molar-refractivity contribution in [3.8, 4) is 0 Å². The van der Waals surface area contributed by atoms with Crippen molar-refractivity contribution in [1.82, 2.24) is 4.98 Å². The molecule has 1 aliphatic rings. The zero-order valence-electron chi connectivity index (χ0n) is 14.1. The number of nitrogens with zero attached hydrogens (tertiary/aromatic N) is 1. The Morgan fingerprint density at radius 3 is 2.43 bits per heavy atom. The molecule has 0 radical (unpaired) electrons. The summed E-state index contributed by atoms with van der Waals surface area (Å²) in [5, 5.41) is 1.37. The molecule has 0 N–H and O–H groups in total. The van der Waals surface area contributed by atoms with E-state index in [1.54, 1.807) is 0 Å². The molecule has 1 aromatic heterocycles. The standard InChI is InChI=1S/C18H23N.C2H6/c1-3-14-11-13(2)19-18-10-9-16(12-17(14)18)15-7-5-4-6-8-15;1-2/h9-12,15H,3-8H2,1-2H3;1-2H3. The maximum atomic E-state index is 4.67. The van der Waals surface area contributed by atoms with Crippen LogP contribution in [0.25, 0.3) is 10.9 Å². The van der Waals surface area contributed by atoms with Gasteiger partial charge in [0.2, 0.25) is 0 Å². The van der Waals surface area contributed by atoms with Gasteiger partial charge in [0.05, 0.1) is 5.52 Å². The zero-order valence-corrected chi connectivity index (χ0v) is 14.1. The predicted octanol–water partition coefficient (Wildman–Crippen LogP) is 6.18. The van der Waals surface area contributed by atoms with Crippen molar-refractivity contribution in [2.45, 2.75) is 72.1 Å². The summed E-state index contributed by atoms with van der Waals surface area (Å²) in [6.07, 6.45) is 8.04. The summed E-state index contributed by atoms with van der Waals surface area (Å²) in [5.41, 5.74) is 5.28. The summed E-state index contributed by atoms with van der Waals surface area (Å²) in [5.74, 6) is 0.782. The van der Waals surface area contributed by atoms with Crippen LogP contribution in [0.1, 0.15) is 75.6 Å². The predicted molar refractivity (Wildman–Crippen MR) is 93.0 cm³/mol. The van der Waals surface area contributed by atoms with Gasteiger partial charge in [0, 0.05) is 11.1 Å². The summed E-state index contributed by atoms with van der Waals surface area (Å²) in [7, 11) is 0. The first-order valence-corrected chi connectivity index (χ1v) is 8.68. The minimum atomic E-state index is 0.782. The van der Waals surface area contributed by atoms with Gasteiger partial charge in [-0.05, 0) is 61.4 Å². The van der Waals surface area contributed by atoms with Gasteiger partial charge in [0.15, 0.2) is 0 Å². The average Bonchev–Trinajstić information content (AvgIpc) is 2.56. The van der Waals surface area contributed by atoms with Gasteiger partial charge >= 0.3 is 0 Å². The fourth-order valence-corrected chi connectivity index (χ4v) is 3.44. The van der Waals surface area contributed by atoms with Crippen LogP contribution in [0.3, 0.4) is 0 Å². The Kier molecular flexibility index (Phi) is 5.78. The Balaban J connectivity index is 0.000000774. The monoisotopic (exact) mass is 283 g/mol. The number of hydrogen-bond acceptors (Lipinski definition) is 1. The van der Waals surface area contributed by atoms with Gasteiger partial charge in [0.1, 0.15) is 0 Å². The molecule has 1 heterocycles. The van der Waals surface area contributed by atoms with E-state index in [1.165, 1.54) is 48.6 Å². The highest BCUT2D eigenvalue weighted by Crippen LogP contribution is 2.34. The molecule has 0 unspecified atom stereocenters. The molecule has 0 amide bonds. The van der Waals surface area contributed by atoms with Crippen LogP contribution in [0.15, 0.2) is 24.3 Å². The molecular weight excluding hydrogens is 254 g/mol. The molecule has 0 aliphatic heterocycles. The summed E-state index contributed by atoms with van der Waals surface area (Å²) in [6, 6.07) is 9.19. The van der Waals surface area contributed by atoms with Gasteiger partial charge in [0.25, 0.3) is 0 Å². The molecule has 1 saturated carbocycles. The summed E-state index contributed by atoms with van der Waals surface area (Å²) < 4.78 is 0. The molecule has 0 atom stereocenters. The SMILES string of the molecule is CC.CCc1cc(C)nc2ccc(C3CCCCC3)cc12. The summed E-state index contributed by atoms with van der Waals surface area (Å²) in [4.78, 5) is 4.67. The van der Waals surface area contributed by atoms with Crippen LogP contribution in [0.2, 0.25) is 0 Å². The number of aromatic nitrogens is 1. The minimum Gasteiger partial charge on any atom is -0.253 e. The Labute approximate surface area is 129 Å². The molecule has 3 rings (SSSR count). The smallest absolute Gasteiger partial charge is 0.0708 e. The van der Waals surface area contributed by atoms with Crippen LogP contribution >= 0.6 is 0 Å². The molecule has 0 saturated heterocycles. The molecule has 21 heavy (non-hydrogen) atoms. The molecule has 0 bridgehead atoms. The first kappa shape index (κ1) is 16.0. The summed E-state index contributed by atoms with van der Waals surface area (Å²) in [6.45, 7) is 8.33. The molecule has 1 fully saturated rings. The van der Waals surface area contributed by atoms with Crippen molar-refractivity contribution < 1.29 is 0 Å². The van der Waals surface area contributed by atoms with E-state index in [1.807, 2.05) is 13.8 Å². The van der Waals surface area contributed by atoms with E-state index in [-0.39, 0.29) is 0 Å². The van der Waals surface area contributed by atoms with Gasteiger partial charge in [-0.25, -0.2) is 0 Å². The Morgan fingerprint density at radius 2 is 1.76 bits per heavy atom. The number of aryl methyl sites for hydroxylation is 2. The van der Waals surface area contributed by atoms with Crippen LogP contribution in [0.5, 0.6) is 0 Å². The third-order valence-electron chi connectivity index (χ3n) is 4.50. The number of hydrogen-bond donors (Lipinski definition) is 0. The second kappa shape index (κ2) is 7.59. The molecule has 2 aromatic rings. The fourth-order valence-electron chi connectivity index (χ4n) is 3.44. The van der Waals surface area contributed by atoms with Crippen molar-refractivity contribution >= 4 is 10.9 Å². The molecule has 1 aliphatic carbocycles. The van der Waals surface area contributed by atoms with Crippen molar-refractivity contribution in [3.63, 3.8) is 0 Å². The maximum absolute atomic E-state index is 4.67. The zero-order chi connectivity index (χ0) is 15.2. The average molecular weight is 283 g/mol. The van der Waals surface area contributed by atoms with Crippen molar-refractivity contribution in [3.05, 3.63) is 41.1 Å². The van der Waals surface area contributed by atoms with E-state index >= 15 is 0 Å². The molecule has 0 spiro atoms. The van der Waals surface area contributed by atoms with Crippen molar-refractivity contribution in [2.75, 3.05) is 0 Å². The lowest BCUT2D eigenvalue weighted by Gasteiger charge is -2.22. The van der Waals surface area contributed by atoms with Gasteiger partial charge in [-0.15, -0.1) is 0 Å². The molecule has 1 aromatic carbocycles. The Bertz CT molecular complexity index is 580. The van der Waals surface area contributed by atoms with Crippen LogP contribution in [-0.4, -0.2) is 4.98 Å². The van der Waals surface area contributed by atoms with Crippen LogP contribution in [-0.2, 0) is 6.42 Å². The van der Waals surface area contributed by atoms with E-state index in [9.17, 15) is 0 Å². The summed E-state index contributed by atoms with van der Waals surface area (Å²) >= 11 is 0. The lowest BCUT2D eigenvalue weighted by atomic mass is 9.83. The number of fused-ring (bicyclic) bond motifs is 1. The maximum Gasteiger partial charge on any atom is 0.0708 e. The normalized spacial score (nSPS) is 15.6. The van der Waals surface area contributed by atoms with E-state index < -0.39 is 0 Å². The van der Waals surface area contributed by atoms with Crippen LogP contribution in [0, 0.1) is 6.92 Å². The van der Waals surface area contributed by atoms with Gasteiger partial charge in [-0.3, -0.25) is 4.98 Å². The molecule has 1 nitrogen and oxygen atoms in total. The van der Waals surface area contributed by atoms with E-state index in [0.29, 0.717) is 0 Å². The Morgan fingerprint density at radius 1 is 1.05 bits per heavy atom. The highest BCUT2D eigenvalue weighted by atomic mass is 14.7. The second-order valence-corrected chi connectivity index (χ2v) is 5.89. The van der Waals surface area contributed by atoms with Gasteiger partial charge in [-0.1, -0.05) is 46.1 Å². The number of pyridine rings is 1. The van der Waals surface area contributed by atoms with Crippen molar-refractivity contribution in [2.24, 2.45) is 0 Å². The third-order valence-corrected chi connectivity index (χ3v) is 4.50. The van der Waals surface area contributed by atoms with Gasteiger partial charge < -0.3 is 0 Å². The second-order valence-electron chi connectivity index (χ2n) is 5.89. The third kappa shape index (κ3) is 3.64. The molecular formula is C20H29N. The van der Waals surface area contributed by atoms with Crippen molar-refractivity contribution in [1.29, 1.82) is 0 Å². The van der Waals surface area contributed by atoms with E-state index in [2.05, 4.69) is 43.1 Å². The highest BCUT2D eigenvalue weighted by molar-refractivity contribution is 5.83. The number of rotatable bonds is 2. The Hall–Kier alpha value is -1.37. The van der Waals surface area contributed by atoms with E-state index in [4.69, 9.17) is 0 Å². The first-order valence-electron chi connectivity index (χ1n) is 8.68. The fraction of sp³-hybridized carbons (Fsp3) is 0.550. The topological polar surface area (TPSA) is 12.9 Å². The number of benzene rings is 1.